The number of carbonyl (C=O) groups excluding carboxylic acids is 1. The highest BCUT2D eigenvalue weighted by atomic mass is 16.2. The molecule has 2 aliphatic rings. The lowest BCUT2D eigenvalue weighted by Crippen LogP contribution is -2.51. The van der Waals surface area contributed by atoms with Crippen molar-refractivity contribution in [1.82, 2.24) is 14.7 Å². The van der Waals surface area contributed by atoms with Gasteiger partial charge in [0.15, 0.2) is 0 Å². The van der Waals surface area contributed by atoms with Gasteiger partial charge in [-0.3, -0.25) is 9.69 Å². The molecule has 2 heterocycles. The van der Waals surface area contributed by atoms with E-state index in [1.165, 1.54) is 32.5 Å². The van der Waals surface area contributed by atoms with E-state index in [1.54, 1.807) is 0 Å². The third-order valence-electron chi connectivity index (χ3n) is 4.53. The van der Waals surface area contributed by atoms with E-state index >= 15 is 0 Å². The lowest BCUT2D eigenvalue weighted by Gasteiger charge is -2.38. The number of rotatable bonds is 3. The maximum Gasteiger partial charge on any atom is 0.225 e. The summed E-state index contributed by atoms with van der Waals surface area (Å²) in [4.78, 5) is 19.0. The summed E-state index contributed by atoms with van der Waals surface area (Å²) < 4.78 is 0. The molecule has 2 aliphatic heterocycles. The van der Waals surface area contributed by atoms with Gasteiger partial charge in [-0.1, -0.05) is 13.8 Å². The van der Waals surface area contributed by atoms with Crippen LogP contribution in [0.25, 0.3) is 0 Å². The molecule has 1 amide bonds. The molecule has 2 saturated heterocycles. The molecule has 0 spiro atoms. The Hall–Kier alpha value is -0.610. The smallest absolute Gasteiger partial charge is 0.225 e. The molecular formula is C15H29N3O. The van der Waals surface area contributed by atoms with Gasteiger partial charge in [0.2, 0.25) is 5.91 Å². The summed E-state index contributed by atoms with van der Waals surface area (Å²) >= 11 is 0. The monoisotopic (exact) mass is 267 g/mol. The van der Waals surface area contributed by atoms with Crippen molar-refractivity contribution in [2.75, 3.05) is 52.9 Å². The van der Waals surface area contributed by atoms with Gasteiger partial charge in [0, 0.05) is 38.6 Å². The van der Waals surface area contributed by atoms with Crippen molar-refractivity contribution in [3.63, 3.8) is 0 Å². The van der Waals surface area contributed by atoms with Gasteiger partial charge in [-0.25, -0.2) is 0 Å². The van der Waals surface area contributed by atoms with Gasteiger partial charge in [-0.15, -0.1) is 0 Å². The largest absolute Gasteiger partial charge is 0.340 e. The Kier molecular flexibility index (Phi) is 5.22. The van der Waals surface area contributed by atoms with E-state index in [2.05, 4.69) is 16.8 Å². The molecule has 2 rings (SSSR count). The first kappa shape index (κ1) is 14.8. The zero-order valence-corrected chi connectivity index (χ0v) is 12.8. The second-order valence-corrected chi connectivity index (χ2v) is 6.53. The molecule has 0 bridgehead atoms. The van der Waals surface area contributed by atoms with Crippen molar-refractivity contribution >= 4 is 5.91 Å². The molecule has 0 aliphatic carbocycles. The van der Waals surface area contributed by atoms with E-state index in [1.807, 2.05) is 18.7 Å². The first-order valence-electron chi connectivity index (χ1n) is 7.76. The lowest BCUT2D eigenvalue weighted by molar-refractivity contribution is -0.136. The fourth-order valence-electron chi connectivity index (χ4n) is 3.13. The molecule has 110 valence electrons. The number of hydrogen-bond donors (Lipinski definition) is 0. The first-order chi connectivity index (χ1) is 9.06. The van der Waals surface area contributed by atoms with Gasteiger partial charge in [-0.2, -0.15) is 0 Å². The van der Waals surface area contributed by atoms with E-state index in [0.717, 1.165) is 32.1 Å². The zero-order valence-electron chi connectivity index (χ0n) is 12.8. The Balaban J connectivity index is 1.70. The fraction of sp³-hybridized carbons (Fsp3) is 0.933. The molecule has 0 radical (unpaired) electrons. The molecule has 19 heavy (non-hydrogen) atoms. The molecule has 0 N–H and O–H groups in total. The Morgan fingerprint density at radius 3 is 2.16 bits per heavy atom. The SMILES string of the molecule is CC(C)C(=O)N1CCN(CC2CCN(C)CC2)CC1. The van der Waals surface area contributed by atoms with Crippen LogP contribution in [-0.2, 0) is 4.79 Å². The van der Waals surface area contributed by atoms with Crippen molar-refractivity contribution in [1.29, 1.82) is 0 Å². The number of amides is 1. The summed E-state index contributed by atoms with van der Waals surface area (Å²) in [5.41, 5.74) is 0. The quantitative estimate of drug-likeness (QED) is 0.767. The van der Waals surface area contributed by atoms with Crippen LogP contribution in [0.4, 0.5) is 0 Å². The molecule has 0 saturated carbocycles. The number of piperazine rings is 1. The molecule has 0 unspecified atom stereocenters. The van der Waals surface area contributed by atoms with E-state index in [9.17, 15) is 4.79 Å². The normalized spacial score (nSPS) is 24.1. The van der Waals surface area contributed by atoms with E-state index < -0.39 is 0 Å². The van der Waals surface area contributed by atoms with Crippen LogP contribution >= 0.6 is 0 Å². The van der Waals surface area contributed by atoms with E-state index in [-0.39, 0.29) is 5.92 Å². The van der Waals surface area contributed by atoms with Crippen LogP contribution in [0.2, 0.25) is 0 Å². The Morgan fingerprint density at radius 1 is 1.05 bits per heavy atom. The van der Waals surface area contributed by atoms with Crippen LogP contribution < -0.4 is 0 Å². The second kappa shape index (κ2) is 6.71. The van der Waals surface area contributed by atoms with Gasteiger partial charge in [0.1, 0.15) is 0 Å². The predicted molar refractivity (Wildman–Crippen MR) is 78.1 cm³/mol. The maximum atomic E-state index is 11.9. The van der Waals surface area contributed by atoms with Crippen LogP contribution in [0.5, 0.6) is 0 Å². The van der Waals surface area contributed by atoms with Crippen molar-refractivity contribution < 1.29 is 4.79 Å². The minimum Gasteiger partial charge on any atom is -0.340 e. The summed E-state index contributed by atoms with van der Waals surface area (Å²) in [6.07, 6.45) is 2.67. The lowest BCUT2D eigenvalue weighted by atomic mass is 9.96. The van der Waals surface area contributed by atoms with E-state index in [0.29, 0.717) is 5.91 Å². The summed E-state index contributed by atoms with van der Waals surface area (Å²) in [5.74, 6) is 1.32. The highest BCUT2D eigenvalue weighted by Crippen LogP contribution is 2.18. The summed E-state index contributed by atoms with van der Waals surface area (Å²) in [7, 11) is 2.21. The number of nitrogens with zero attached hydrogens (tertiary/aromatic N) is 3. The number of piperidine rings is 1. The fourth-order valence-corrected chi connectivity index (χ4v) is 3.13. The summed E-state index contributed by atoms with van der Waals surface area (Å²) in [6, 6.07) is 0. The van der Waals surface area contributed by atoms with Crippen molar-refractivity contribution in [3.05, 3.63) is 0 Å². The Labute approximate surface area is 117 Å². The number of likely N-dealkylation sites (tertiary alicyclic amines) is 1. The van der Waals surface area contributed by atoms with Crippen molar-refractivity contribution in [3.8, 4) is 0 Å². The van der Waals surface area contributed by atoms with Crippen LogP contribution in [0.15, 0.2) is 0 Å². The van der Waals surface area contributed by atoms with Crippen LogP contribution in [0, 0.1) is 11.8 Å². The minimum atomic E-state index is 0.139. The first-order valence-corrected chi connectivity index (χ1v) is 7.76. The molecular weight excluding hydrogens is 238 g/mol. The molecule has 0 aromatic heterocycles. The summed E-state index contributed by atoms with van der Waals surface area (Å²) in [5, 5.41) is 0. The highest BCUT2D eigenvalue weighted by molar-refractivity contribution is 5.78. The molecule has 2 fully saturated rings. The molecule has 0 atom stereocenters. The average molecular weight is 267 g/mol. The Morgan fingerprint density at radius 2 is 1.63 bits per heavy atom. The highest BCUT2D eigenvalue weighted by Gasteiger charge is 2.25. The standard InChI is InChI=1S/C15H29N3O/c1-13(2)15(19)18-10-8-17(9-11-18)12-14-4-6-16(3)7-5-14/h13-14H,4-12H2,1-3H3. The second-order valence-electron chi connectivity index (χ2n) is 6.53. The van der Waals surface area contributed by atoms with Gasteiger partial charge in [-0.05, 0) is 38.9 Å². The average Bonchev–Trinajstić information content (AvgIpc) is 2.41. The third kappa shape index (κ3) is 4.18. The minimum absolute atomic E-state index is 0.139. The van der Waals surface area contributed by atoms with Gasteiger partial charge in [0.25, 0.3) is 0 Å². The summed E-state index contributed by atoms with van der Waals surface area (Å²) in [6.45, 7) is 11.7. The Bertz CT molecular complexity index is 290. The van der Waals surface area contributed by atoms with Crippen LogP contribution in [0.3, 0.4) is 0 Å². The topological polar surface area (TPSA) is 26.8 Å². The van der Waals surface area contributed by atoms with Crippen LogP contribution in [-0.4, -0.2) is 73.5 Å². The predicted octanol–water partition coefficient (Wildman–Crippen LogP) is 1.13. The zero-order chi connectivity index (χ0) is 13.8. The van der Waals surface area contributed by atoms with Gasteiger partial charge >= 0.3 is 0 Å². The molecule has 4 heteroatoms. The van der Waals surface area contributed by atoms with E-state index in [4.69, 9.17) is 0 Å². The molecule has 0 aromatic rings. The van der Waals surface area contributed by atoms with Crippen LogP contribution in [0.1, 0.15) is 26.7 Å². The van der Waals surface area contributed by atoms with Gasteiger partial charge < -0.3 is 9.80 Å². The third-order valence-corrected chi connectivity index (χ3v) is 4.53. The van der Waals surface area contributed by atoms with Crippen molar-refractivity contribution in [2.45, 2.75) is 26.7 Å². The molecule has 0 aromatic carbocycles. The number of carbonyl (C=O) groups is 1. The maximum absolute atomic E-state index is 11.9. The molecule has 4 nitrogen and oxygen atoms in total. The van der Waals surface area contributed by atoms with Gasteiger partial charge in [0.05, 0.1) is 0 Å². The van der Waals surface area contributed by atoms with Crippen molar-refractivity contribution in [2.24, 2.45) is 11.8 Å². The number of hydrogen-bond acceptors (Lipinski definition) is 3.